The molecule has 1 aliphatic heterocycles. The van der Waals surface area contributed by atoms with Gasteiger partial charge in [-0.15, -0.1) is 0 Å². The molecule has 1 aliphatic rings. The Labute approximate surface area is 162 Å². The zero-order valence-electron chi connectivity index (χ0n) is 15.3. The maximum Gasteiger partial charge on any atom is 0.323 e. The Morgan fingerprint density at radius 3 is 2.86 bits per heavy atom. The quantitative estimate of drug-likeness (QED) is 0.637. The minimum atomic E-state index is -0.347. The third-order valence-electron chi connectivity index (χ3n) is 4.27. The van der Waals surface area contributed by atoms with Crippen LogP contribution < -0.4 is 20.7 Å². The standard InChI is InChI=1S/C21H19N5O2/c1-28-19-10-3-2-8-16(19)26-21(27)24-15-7-4-6-14(12-15)18-13-23-20-17(25-18)9-5-11-22-20/h2-12H,13H2,1H3,(H,22,23)(H2,24,26,27). The van der Waals surface area contributed by atoms with Crippen LogP contribution in [0.25, 0.3) is 0 Å². The highest BCUT2D eigenvalue weighted by Gasteiger charge is 2.14. The summed E-state index contributed by atoms with van der Waals surface area (Å²) in [4.78, 5) is 21.3. The number of para-hydroxylation sites is 2. The molecule has 0 spiro atoms. The van der Waals surface area contributed by atoms with E-state index in [9.17, 15) is 4.79 Å². The summed E-state index contributed by atoms with van der Waals surface area (Å²) in [6.07, 6.45) is 1.73. The van der Waals surface area contributed by atoms with E-state index in [1.165, 1.54) is 0 Å². The van der Waals surface area contributed by atoms with E-state index < -0.39 is 0 Å². The number of anilines is 3. The number of amides is 2. The summed E-state index contributed by atoms with van der Waals surface area (Å²) in [6.45, 7) is 0.570. The fraction of sp³-hybridized carbons (Fsp3) is 0.0952. The lowest BCUT2D eigenvalue weighted by Gasteiger charge is -2.17. The van der Waals surface area contributed by atoms with Gasteiger partial charge >= 0.3 is 6.03 Å². The number of nitrogens with one attached hydrogen (secondary N) is 3. The number of nitrogens with zero attached hydrogens (tertiary/aromatic N) is 2. The second kappa shape index (κ2) is 7.79. The molecule has 4 rings (SSSR count). The van der Waals surface area contributed by atoms with Crippen molar-refractivity contribution < 1.29 is 9.53 Å². The zero-order chi connectivity index (χ0) is 19.3. The lowest BCUT2D eigenvalue weighted by molar-refractivity contribution is 0.262. The molecule has 3 N–H and O–H groups in total. The van der Waals surface area contributed by atoms with Crippen LogP contribution in [0.2, 0.25) is 0 Å². The van der Waals surface area contributed by atoms with Crippen LogP contribution in [0.1, 0.15) is 5.56 Å². The molecule has 7 nitrogen and oxygen atoms in total. The Morgan fingerprint density at radius 1 is 1.07 bits per heavy atom. The van der Waals surface area contributed by atoms with Crippen LogP contribution in [0.3, 0.4) is 0 Å². The molecule has 0 fully saturated rings. The molecular formula is C21H19N5O2. The summed E-state index contributed by atoms with van der Waals surface area (Å²) in [5.41, 5.74) is 3.88. The van der Waals surface area contributed by atoms with E-state index in [1.54, 1.807) is 25.4 Å². The van der Waals surface area contributed by atoms with Crippen molar-refractivity contribution in [1.29, 1.82) is 0 Å². The summed E-state index contributed by atoms with van der Waals surface area (Å²) in [5.74, 6) is 1.37. The Balaban J connectivity index is 1.50. The second-order valence-electron chi connectivity index (χ2n) is 6.14. The number of aliphatic imine (C=N–C) groups is 1. The van der Waals surface area contributed by atoms with E-state index in [0.717, 1.165) is 22.8 Å². The lowest BCUT2D eigenvalue weighted by Crippen LogP contribution is -2.21. The first-order valence-electron chi connectivity index (χ1n) is 8.81. The number of hydrogen-bond acceptors (Lipinski definition) is 5. The average molecular weight is 373 g/mol. The first kappa shape index (κ1) is 17.5. The highest BCUT2D eigenvalue weighted by atomic mass is 16.5. The summed E-state index contributed by atoms with van der Waals surface area (Å²) >= 11 is 0. The third kappa shape index (κ3) is 3.78. The molecule has 2 aromatic carbocycles. The summed E-state index contributed by atoms with van der Waals surface area (Å²) in [7, 11) is 1.56. The van der Waals surface area contributed by atoms with Crippen molar-refractivity contribution in [2.45, 2.75) is 0 Å². The fourth-order valence-electron chi connectivity index (χ4n) is 2.95. The maximum absolute atomic E-state index is 12.4. The third-order valence-corrected chi connectivity index (χ3v) is 4.27. The van der Waals surface area contributed by atoms with Gasteiger partial charge < -0.3 is 20.7 Å². The summed E-state index contributed by atoms with van der Waals surface area (Å²) in [5, 5.41) is 8.90. The summed E-state index contributed by atoms with van der Waals surface area (Å²) in [6, 6.07) is 18.2. The van der Waals surface area contributed by atoms with Crippen molar-refractivity contribution in [3.05, 3.63) is 72.4 Å². The van der Waals surface area contributed by atoms with Gasteiger partial charge in [0.25, 0.3) is 0 Å². The molecule has 28 heavy (non-hydrogen) atoms. The highest BCUT2D eigenvalue weighted by Crippen LogP contribution is 2.27. The van der Waals surface area contributed by atoms with Gasteiger partial charge in [0.2, 0.25) is 0 Å². The molecule has 0 aliphatic carbocycles. The Bertz CT molecular complexity index is 1050. The number of ether oxygens (including phenoxy) is 1. The van der Waals surface area contributed by atoms with Crippen LogP contribution in [0.4, 0.5) is 27.7 Å². The number of carbonyl (C=O) groups is 1. The van der Waals surface area contributed by atoms with Gasteiger partial charge in [0.15, 0.2) is 5.82 Å². The van der Waals surface area contributed by atoms with Gasteiger partial charge in [-0.05, 0) is 42.0 Å². The number of aromatic nitrogens is 1. The van der Waals surface area contributed by atoms with Crippen LogP contribution in [-0.4, -0.2) is 30.4 Å². The van der Waals surface area contributed by atoms with Crippen LogP contribution in [0.15, 0.2) is 71.9 Å². The molecular weight excluding hydrogens is 354 g/mol. The molecule has 2 amide bonds. The van der Waals surface area contributed by atoms with Crippen LogP contribution in [0, 0.1) is 0 Å². The van der Waals surface area contributed by atoms with Gasteiger partial charge in [0.1, 0.15) is 11.4 Å². The smallest absolute Gasteiger partial charge is 0.323 e. The monoisotopic (exact) mass is 373 g/mol. The molecule has 0 saturated carbocycles. The topological polar surface area (TPSA) is 87.6 Å². The first-order valence-corrected chi connectivity index (χ1v) is 8.81. The average Bonchev–Trinajstić information content (AvgIpc) is 2.74. The largest absolute Gasteiger partial charge is 0.495 e. The molecule has 0 radical (unpaired) electrons. The summed E-state index contributed by atoms with van der Waals surface area (Å²) < 4.78 is 5.25. The number of urea groups is 1. The minimum absolute atomic E-state index is 0.347. The molecule has 2 heterocycles. The molecule has 0 unspecified atom stereocenters. The van der Waals surface area contributed by atoms with E-state index in [1.807, 2.05) is 48.5 Å². The molecule has 0 saturated heterocycles. The Kier molecular flexibility index (Phi) is 4.88. The predicted molar refractivity (Wildman–Crippen MR) is 111 cm³/mol. The van der Waals surface area contributed by atoms with Gasteiger partial charge in [-0.3, -0.25) is 0 Å². The molecule has 1 aromatic heterocycles. The van der Waals surface area contributed by atoms with Crippen molar-refractivity contribution in [3.63, 3.8) is 0 Å². The minimum Gasteiger partial charge on any atom is -0.495 e. The number of rotatable bonds is 4. The van der Waals surface area contributed by atoms with Crippen molar-refractivity contribution in [2.75, 3.05) is 29.6 Å². The highest BCUT2D eigenvalue weighted by molar-refractivity contribution is 6.08. The van der Waals surface area contributed by atoms with E-state index >= 15 is 0 Å². The second-order valence-corrected chi connectivity index (χ2v) is 6.14. The van der Waals surface area contributed by atoms with Gasteiger partial charge in [0, 0.05) is 11.9 Å². The number of carbonyl (C=O) groups excluding carboxylic acids is 1. The van der Waals surface area contributed by atoms with Crippen molar-refractivity contribution in [1.82, 2.24) is 4.98 Å². The molecule has 0 atom stereocenters. The van der Waals surface area contributed by atoms with Gasteiger partial charge in [-0.1, -0.05) is 24.3 Å². The number of benzene rings is 2. The predicted octanol–water partition coefficient (Wildman–Crippen LogP) is 4.28. The van der Waals surface area contributed by atoms with Crippen LogP contribution >= 0.6 is 0 Å². The Hall–Kier alpha value is -3.87. The van der Waals surface area contributed by atoms with Gasteiger partial charge in [-0.25, -0.2) is 14.8 Å². The van der Waals surface area contributed by atoms with Crippen LogP contribution in [0.5, 0.6) is 5.75 Å². The lowest BCUT2D eigenvalue weighted by atomic mass is 10.1. The maximum atomic E-state index is 12.4. The number of methoxy groups -OCH3 is 1. The SMILES string of the molecule is COc1ccccc1NC(=O)Nc1cccc(C2=Nc3cccnc3NC2)c1. The number of pyridine rings is 1. The van der Waals surface area contributed by atoms with E-state index in [-0.39, 0.29) is 6.03 Å². The molecule has 7 heteroatoms. The first-order chi connectivity index (χ1) is 13.7. The molecule has 0 bridgehead atoms. The van der Waals surface area contributed by atoms with E-state index in [2.05, 4.69) is 25.9 Å². The fourth-order valence-corrected chi connectivity index (χ4v) is 2.95. The molecule has 3 aromatic rings. The van der Waals surface area contributed by atoms with Crippen molar-refractivity contribution in [2.24, 2.45) is 4.99 Å². The van der Waals surface area contributed by atoms with E-state index in [4.69, 9.17) is 4.74 Å². The van der Waals surface area contributed by atoms with Gasteiger partial charge in [0.05, 0.1) is 25.1 Å². The van der Waals surface area contributed by atoms with Crippen molar-refractivity contribution >= 4 is 34.6 Å². The van der Waals surface area contributed by atoms with Gasteiger partial charge in [-0.2, -0.15) is 0 Å². The number of fused-ring (bicyclic) bond motifs is 1. The van der Waals surface area contributed by atoms with Crippen LogP contribution in [-0.2, 0) is 0 Å². The normalized spacial score (nSPS) is 12.2. The van der Waals surface area contributed by atoms with E-state index in [0.29, 0.717) is 23.7 Å². The molecule has 140 valence electrons. The Morgan fingerprint density at radius 2 is 1.96 bits per heavy atom. The number of hydrogen-bond donors (Lipinski definition) is 3. The van der Waals surface area contributed by atoms with Crippen molar-refractivity contribution in [3.8, 4) is 5.75 Å². The zero-order valence-corrected chi connectivity index (χ0v) is 15.3.